The highest BCUT2D eigenvalue weighted by Crippen LogP contribution is 1.88. The summed E-state index contributed by atoms with van der Waals surface area (Å²) in [5.41, 5.74) is 0. The molecular formula is C12H16O2. The molecule has 0 spiro atoms. The van der Waals surface area contributed by atoms with Crippen molar-refractivity contribution in [2.45, 2.75) is 33.1 Å². The van der Waals surface area contributed by atoms with Crippen LogP contribution in [0.15, 0.2) is 0 Å². The molecule has 0 rings (SSSR count). The maximum Gasteiger partial charge on any atom is 0.134 e. The molecule has 0 aromatic heterocycles. The number of carbonyl (C=O) groups is 1. The van der Waals surface area contributed by atoms with E-state index in [1.54, 1.807) is 0 Å². The highest BCUT2D eigenvalue weighted by molar-refractivity contribution is 5.78. The third-order valence-corrected chi connectivity index (χ3v) is 1.51. The van der Waals surface area contributed by atoms with Gasteiger partial charge in [0.2, 0.25) is 0 Å². The third kappa shape index (κ3) is 8.84. The van der Waals surface area contributed by atoms with Crippen molar-refractivity contribution in [3.8, 4) is 23.7 Å². The minimum Gasteiger partial charge on any atom is -0.368 e. The Bertz CT molecular complexity index is 270. The van der Waals surface area contributed by atoms with Gasteiger partial charge in [0.05, 0.1) is 6.61 Å². The summed E-state index contributed by atoms with van der Waals surface area (Å²) in [4.78, 5) is 10.8. The molecule has 0 N–H and O–H groups in total. The van der Waals surface area contributed by atoms with Crippen molar-refractivity contribution >= 4 is 5.78 Å². The van der Waals surface area contributed by atoms with E-state index in [1.807, 2.05) is 13.8 Å². The number of hydrogen-bond donors (Lipinski definition) is 0. The van der Waals surface area contributed by atoms with E-state index in [-0.39, 0.29) is 5.78 Å². The number of ketones is 1. The smallest absolute Gasteiger partial charge is 0.134 e. The van der Waals surface area contributed by atoms with Crippen LogP contribution in [0, 0.1) is 23.7 Å². The number of carbonyl (C=O) groups excluding carboxylic acids is 1. The fourth-order valence-electron chi connectivity index (χ4n) is 0.699. The lowest BCUT2D eigenvalue weighted by Crippen LogP contribution is -2.02. The normalized spacial score (nSPS) is 8.14. The topological polar surface area (TPSA) is 26.3 Å². The monoisotopic (exact) mass is 192 g/mol. The SMILES string of the molecule is CCC#CC#CCOCCC(=O)CC. The Balaban J connectivity index is 3.36. The molecule has 0 fully saturated rings. The summed E-state index contributed by atoms with van der Waals surface area (Å²) in [6.07, 6.45) is 1.89. The molecular weight excluding hydrogens is 176 g/mol. The van der Waals surface area contributed by atoms with Crippen molar-refractivity contribution in [3.05, 3.63) is 0 Å². The van der Waals surface area contributed by atoms with Gasteiger partial charge >= 0.3 is 0 Å². The van der Waals surface area contributed by atoms with Gasteiger partial charge in [-0.05, 0) is 11.8 Å². The van der Waals surface area contributed by atoms with E-state index in [4.69, 9.17) is 4.74 Å². The van der Waals surface area contributed by atoms with Crippen LogP contribution in [0.4, 0.5) is 0 Å². The van der Waals surface area contributed by atoms with Crippen molar-refractivity contribution in [1.82, 2.24) is 0 Å². The molecule has 2 nitrogen and oxygen atoms in total. The molecule has 0 atom stereocenters. The van der Waals surface area contributed by atoms with Crippen molar-refractivity contribution in [2.24, 2.45) is 0 Å². The van der Waals surface area contributed by atoms with Crippen molar-refractivity contribution < 1.29 is 9.53 Å². The van der Waals surface area contributed by atoms with Crippen LogP contribution in [0.5, 0.6) is 0 Å². The number of rotatable bonds is 5. The molecule has 0 unspecified atom stereocenters. The van der Waals surface area contributed by atoms with Crippen LogP contribution in [0.25, 0.3) is 0 Å². The lowest BCUT2D eigenvalue weighted by molar-refractivity contribution is -0.119. The number of Topliss-reactive ketones (excluding diaryl/α,β-unsaturated/α-hetero) is 1. The summed E-state index contributed by atoms with van der Waals surface area (Å²) in [6, 6.07) is 0. The highest BCUT2D eigenvalue weighted by Gasteiger charge is 1.95. The van der Waals surface area contributed by atoms with E-state index in [9.17, 15) is 4.79 Å². The largest absolute Gasteiger partial charge is 0.368 e. The van der Waals surface area contributed by atoms with Crippen molar-refractivity contribution in [1.29, 1.82) is 0 Å². The fourth-order valence-corrected chi connectivity index (χ4v) is 0.699. The fraction of sp³-hybridized carbons (Fsp3) is 0.583. The average Bonchev–Trinajstić information content (AvgIpc) is 2.21. The van der Waals surface area contributed by atoms with Gasteiger partial charge in [-0.1, -0.05) is 25.7 Å². The van der Waals surface area contributed by atoms with Gasteiger partial charge < -0.3 is 4.74 Å². The molecule has 0 heterocycles. The second-order valence-electron chi connectivity index (χ2n) is 2.65. The molecule has 0 aromatic rings. The second kappa shape index (κ2) is 9.84. The van der Waals surface area contributed by atoms with Crippen LogP contribution in [0.1, 0.15) is 33.1 Å². The lowest BCUT2D eigenvalue weighted by atomic mass is 10.2. The molecule has 14 heavy (non-hydrogen) atoms. The maximum atomic E-state index is 10.8. The zero-order chi connectivity index (χ0) is 10.6. The summed E-state index contributed by atoms with van der Waals surface area (Å²) in [6.45, 7) is 4.64. The van der Waals surface area contributed by atoms with Crippen LogP contribution in [0.3, 0.4) is 0 Å². The van der Waals surface area contributed by atoms with E-state index >= 15 is 0 Å². The Morgan fingerprint density at radius 1 is 1.21 bits per heavy atom. The molecule has 76 valence electrons. The molecule has 0 bridgehead atoms. The van der Waals surface area contributed by atoms with Crippen LogP contribution >= 0.6 is 0 Å². The molecule has 0 aliphatic heterocycles. The van der Waals surface area contributed by atoms with Gasteiger partial charge in [0.25, 0.3) is 0 Å². The first kappa shape index (κ1) is 12.8. The predicted molar refractivity (Wildman–Crippen MR) is 56.6 cm³/mol. The van der Waals surface area contributed by atoms with Gasteiger partial charge in [0.1, 0.15) is 12.4 Å². The molecule has 0 saturated heterocycles. The highest BCUT2D eigenvalue weighted by atomic mass is 16.5. The summed E-state index contributed by atoms with van der Waals surface area (Å²) in [5, 5.41) is 0. The molecule has 2 heteroatoms. The maximum absolute atomic E-state index is 10.8. The first-order chi connectivity index (χ1) is 6.81. The molecule has 0 saturated carbocycles. The Kier molecular flexibility index (Phi) is 8.96. The Labute approximate surface area is 86.0 Å². The van der Waals surface area contributed by atoms with Gasteiger partial charge in [-0.25, -0.2) is 0 Å². The van der Waals surface area contributed by atoms with Crippen molar-refractivity contribution in [2.75, 3.05) is 13.2 Å². The quantitative estimate of drug-likeness (QED) is 0.490. The van der Waals surface area contributed by atoms with Gasteiger partial charge in [0, 0.05) is 19.3 Å². The van der Waals surface area contributed by atoms with Crippen LogP contribution in [-0.2, 0) is 9.53 Å². The van der Waals surface area contributed by atoms with Gasteiger partial charge in [-0.3, -0.25) is 4.79 Å². The Morgan fingerprint density at radius 2 is 1.93 bits per heavy atom. The molecule has 0 amide bonds. The van der Waals surface area contributed by atoms with Crippen molar-refractivity contribution in [3.63, 3.8) is 0 Å². The number of hydrogen-bond acceptors (Lipinski definition) is 2. The summed E-state index contributed by atoms with van der Waals surface area (Å²) >= 11 is 0. The minimum atomic E-state index is 0.226. The third-order valence-electron chi connectivity index (χ3n) is 1.51. The van der Waals surface area contributed by atoms with E-state index in [2.05, 4.69) is 23.7 Å². The van der Waals surface area contributed by atoms with E-state index in [0.717, 1.165) is 6.42 Å². The van der Waals surface area contributed by atoms with E-state index < -0.39 is 0 Å². The zero-order valence-corrected chi connectivity index (χ0v) is 8.85. The van der Waals surface area contributed by atoms with Crippen LogP contribution < -0.4 is 0 Å². The molecule has 0 aliphatic carbocycles. The Hall–Kier alpha value is -1.25. The summed E-state index contributed by atoms with van der Waals surface area (Å²) in [7, 11) is 0. The summed E-state index contributed by atoms with van der Waals surface area (Å²) in [5.74, 6) is 11.2. The van der Waals surface area contributed by atoms with Gasteiger partial charge in [-0.2, -0.15) is 0 Å². The van der Waals surface area contributed by atoms with Crippen LogP contribution in [0.2, 0.25) is 0 Å². The first-order valence-corrected chi connectivity index (χ1v) is 4.86. The minimum absolute atomic E-state index is 0.226. The van der Waals surface area contributed by atoms with E-state index in [1.165, 1.54) is 0 Å². The Morgan fingerprint density at radius 3 is 2.57 bits per heavy atom. The van der Waals surface area contributed by atoms with Gasteiger partial charge in [-0.15, -0.1) is 0 Å². The predicted octanol–water partition coefficient (Wildman–Crippen LogP) is 1.79. The molecule has 0 aliphatic rings. The van der Waals surface area contributed by atoms with Gasteiger partial charge in [0.15, 0.2) is 0 Å². The average molecular weight is 192 g/mol. The van der Waals surface area contributed by atoms with E-state index in [0.29, 0.717) is 26.1 Å². The molecule has 0 aromatic carbocycles. The zero-order valence-electron chi connectivity index (χ0n) is 8.85. The first-order valence-electron chi connectivity index (χ1n) is 4.86. The number of ether oxygens (including phenoxy) is 1. The van der Waals surface area contributed by atoms with Crippen LogP contribution in [-0.4, -0.2) is 19.0 Å². The standard InChI is InChI=1S/C12H16O2/c1-3-5-6-7-8-10-14-11-9-12(13)4-2/h3-4,9-11H2,1-2H3. The molecule has 0 radical (unpaired) electrons. The summed E-state index contributed by atoms with van der Waals surface area (Å²) < 4.78 is 5.12. The second-order valence-corrected chi connectivity index (χ2v) is 2.65. The lowest BCUT2D eigenvalue weighted by Gasteiger charge is -1.96.